The number of ketones is 1. The molecule has 0 N–H and O–H groups in total. The number of aromatic nitrogens is 1. The number of methoxy groups -OCH3 is 1. The Morgan fingerprint density at radius 1 is 1.26 bits per heavy atom. The molecule has 31 heavy (non-hydrogen) atoms. The van der Waals surface area contributed by atoms with E-state index in [1.807, 2.05) is 44.4 Å². The van der Waals surface area contributed by atoms with E-state index in [9.17, 15) is 4.79 Å². The number of nitrogens with zero attached hydrogens (tertiary/aromatic N) is 2. The lowest BCUT2D eigenvalue weighted by Gasteiger charge is -2.30. The molecule has 2 aromatic carbocycles. The number of carbonyl (C=O) groups is 1. The number of fused-ring (bicyclic) bond motifs is 4. The van der Waals surface area contributed by atoms with Crippen molar-refractivity contribution in [3.63, 3.8) is 0 Å². The SMILES string of the molecule is COCCCN1COc2cc(C)c3c(c2C1)O/C(=C\c1cn(C)c2ccccc12)C3=O. The van der Waals surface area contributed by atoms with Crippen LogP contribution >= 0.6 is 0 Å². The number of aryl methyl sites for hydroxylation is 2. The van der Waals surface area contributed by atoms with Gasteiger partial charge in [0.05, 0.1) is 11.1 Å². The molecule has 0 saturated carbocycles. The maximum absolute atomic E-state index is 13.3. The van der Waals surface area contributed by atoms with Crippen molar-refractivity contribution in [3.8, 4) is 11.5 Å². The van der Waals surface area contributed by atoms with Gasteiger partial charge in [-0.3, -0.25) is 9.69 Å². The fourth-order valence-corrected chi connectivity index (χ4v) is 4.48. The highest BCUT2D eigenvalue weighted by atomic mass is 16.5. The van der Waals surface area contributed by atoms with Crippen LogP contribution in [0.4, 0.5) is 0 Å². The van der Waals surface area contributed by atoms with Gasteiger partial charge in [0.1, 0.15) is 18.2 Å². The largest absolute Gasteiger partial charge is 0.478 e. The third kappa shape index (κ3) is 3.42. The fourth-order valence-electron chi connectivity index (χ4n) is 4.48. The molecule has 3 aromatic rings. The third-order valence-corrected chi connectivity index (χ3v) is 6.02. The number of rotatable bonds is 5. The Labute approximate surface area is 181 Å². The Morgan fingerprint density at radius 3 is 2.94 bits per heavy atom. The van der Waals surface area contributed by atoms with Crippen molar-refractivity contribution in [1.82, 2.24) is 9.47 Å². The topological polar surface area (TPSA) is 52.9 Å². The summed E-state index contributed by atoms with van der Waals surface area (Å²) in [6.07, 6.45) is 4.81. The van der Waals surface area contributed by atoms with Gasteiger partial charge >= 0.3 is 0 Å². The van der Waals surface area contributed by atoms with Crippen molar-refractivity contribution in [3.05, 3.63) is 64.5 Å². The van der Waals surface area contributed by atoms with Gasteiger partial charge in [0.25, 0.3) is 0 Å². The highest BCUT2D eigenvalue weighted by molar-refractivity contribution is 6.16. The molecule has 0 atom stereocenters. The van der Waals surface area contributed by atoms with E-state index < -0.39 is 0 Å². The number of benzene rings is 2. The van der Waals surface area contributed by atoms with E-state index in [4.69, 9.17) is 14.2 Å². The first kappa shape index (κ1) is 19.8. The summed E-state index contributed by atoms with van der Waals surface area (Å²) in [6.45, 7) is 4.73. The number of hydrogen-bond acceptors (Lipinski definition) is 5. The predicted octanol–water partition coefficient (Wildman–Crippen LogP) is 4.29. The van der Waals surface area contributed by atoms with Crippen LogP contribution < -0.4 is 9.47 Å². The van der Waals surface area contributed by atoms with Gasteiger partial charge in [0, 0.05) is 56.5 Å². The van der Waals surface area contributed by atoms with Gasteiger partial charge in [-0.15, -0.1) is 0 Å². The molecule has 3 heterocycles. The predicted molar refractivity (Wildman–Crippen MR) is 119 cm³/mol. The van der Waals surface area contributed by atoms with Crippen molar-refractivity contribution in [1.29, 1.82) is 0 Å². The van der Waals surface area contributed by atoms with Crippen LogP contribution in [0.15, 0.2) is 42.3 Å². The second kappa shape index (κ2) is 7.87. The molecule has 0 aliphatic carbocycles. The maximum Gasteiger partial charge on any atom is 0.232 e. The molecular weight excluding hydrogens is 392 g/mol. The average molecular weight is 418 g/mol. The highest BCUT2D eigenvalue weighted by Crippen LogP contribution is 2.44. The van der Waals surface area contributed by atoms with Crippen molar-refractivity contribution in [2.24, 2.45) is 7.05 Å². The molecule has 2 aliphatic heterocycles. The maximum atomic E-state index is 13.3. The fraction of sp³-hybridized carbons (Fsp3) is 0.320. The number of allylic oxidation sites excluding steroid dienone is 1. The van der Waals surface area contributed by atoms with Crippen LogP contribution in [0.2, 0.25) is 0 Å². The Bertz CT molecular complexity index is 1210. The van der Waals surface area contributed by atoms with E-state index >= 15 is 0 Å². The van der Waals surface area contributed by atoms with Crippen LogP contribution in [0.5, 0.6) is 11.5 Å². The van der Waals surface area contributed by atoms with Gasteiger partial charge < -0.3 is 18.8 Å². The molecule has 0 radical (unpaired) electrons. The zero-order valence-corrected chi connectivity index (χ0v) is 18.1. The summed E-state index contributed by atoms with van der Waals surface area (Å²) in [5.74, 6) is 1.74. The van der Waals surface area contributed by atoms with Crippen molar-refractivity contribution >= 4 is 22.8 Å². The standard InChI is InChI=1S/C25H26N2O4/c1-16-11-21-19(14-27(15-30-21)9-6-10-29-3)25-23(16)24(28)22(31-25)12-17-13-26(2)20-8-5-4-7-18(17)20/h4-5,7-8,11-13H,6,9-10,14-15H2,1-3H3/b22-12-. The molecule has 5 rings (SSSR count). The van der Waals surface area contributed by atoms with Gasteiger partial charge in [-0.2, -0.15) is 0 Å². The highest BCUT2D eigenvalue weighted by Gasteiger charge is 2.35. The second-order valence-electron chi connectivity index (χ2n) is 8.20. The first-order valence-electron chi connectivity index (χ1n) is 10.6. The molecule has 0 spiro atoms. The monoisotopic (exact) mass is 418 g/mol. The lowest BCUT2D eigenvalue weighted by molar-refractivity contribution is 0.0822. The number of hydrogen-bond donors (Lipinski definition) is 0. The van der Waals surface area contributed by atoms with Gasteiger partial charge in [-0.25, -0.2) is 0 Å². The average Bonchev–Trinajstić information content (AvgIpc) is 3.27. The Hall–Kier alpha value is -3.09. The lowest BCUT2D eigenvalue weighted by atomic mass is 9.98. The molecular formula is C25H26N2O4. The molecule has 2 aliphatic rings. The van der Waals surface area contributed by atoms with Gasteiger partial charge in [0.2, 0.25) is 5.78 Å². The van der Waals surface area contributed by atoms with E-state index in [0.29, 0.717) is 37.0 Å². The summed E-state index contributed by atoms with van der Waals surface area (Å²) in [6, 6.07) is 10.1. The normalized spacial score (nSPS) is 17.0. The minimum atomic E-state index is -0.0697. The number of ether oxygens (including phenoxy) is 3. The molecule has 0 saturated heterocycles. The zero-order valence-electron chi connectivity index (χ0n) is 18.1. The zero-order chi connectivity index (χ0) is 21.5. The molecule has 6 nitrogen and oxygen atoms in total. The first-order valence-corrected chi connectivity index (χ1v) is 10.6. The van der Waals surface area contributed by atoms with Crippen LogP contribution in [0.1, 0.15) is 33.5 Å². The van der Waals surface area contributed by atoms with E-state index in [1.165, 1.54) is 0 Å². The molecule has 0 unspecified atom stereocenters. The van der Waals surface area contributed by atoms with Crippen molar-refractivity contribution in [2.45, 2.75) is 19.9 Å². The van der Waals surface area contributed by atoms with E-state index in [1.54, 1.807) is 7.11 Å². The summed E-state index contributed by atoms with van der Waals surface area (Å²) in [4.78, 5) is 15.5. The van der Waals surface area contributed by atoms with E-state index in [-0.39, 0.29) is 5.78 Å². The molecule has 0 amide bonds. The minimum absolute atomic E-state index is 0.0697. The van der Waals surface area contributed by atoms with Crippen LogP contribution in [0.3, 0.4) is 0 Å². The van der Waals surface area contributed by atoms with Crippen LogP contribution in [-0.4, -0.2) is 42.2 Å². The van der Waals surface area contributed by atoms with Crippen LogP contribution in [0.25, 0.3) is 17.0 Å². The Morgan fingerprint density at radius 2 is 2.10 bits per heavy atom. The molecule has 0 fully saturated rings. The van der Waals surface area contributed by atoms with Gasteiger partial charge in [-0.05, 0) is 37.1 Å². The summed E-state index contributed by atoms with van der Waals surface area (Å²) < 4.78 is 19.4. The van der Waals surface area contributed by atoms with E-state index in [2.05, 4.69) is 21.6 Å². The summed E-state index contributed by atoms with van der Waals surface area (Å²) in [5, 5.41) is 1.09. The Kier molecular flexibility index (Phi) is 5.04. The van der Waals surface area contributed by atoms with Crippen molar-refractivity contribution in [2.75, 3.05) is 27.0 Å². The summed E-state index contributed by atoms with van der Waals surface area (Å²) in [7, 11) is 3.72. The Balaban J connectivity index is 1.50. The van der Waals surface area contributed by atoms with Crippen LogP contribution in [-0.2, 0) is 18.3 Å². The number of Topliss-reactive ketones (excluding diaryl/α,β-unsaturated/α-hetero) is 1. The lowest BCUT2D eigenvalue weighted by Crippen LogP contribution is -2.33. The number of carbonyl (C=O) groups excluding carboxylic acids is 1. The van der Waals surface area contributed by atoms with Gasteiger partial charge in [-0.1, -0.05) is 18.2 Å². The molecule has 0 bridgehead atoms. The smallest absolute Gasteiger partial charge is 0.232 e. The minimum Gasteiger partial charge on any atom is -0.478 e. The molecule has 160 valence electrons. The van der Waals surface area contributed by atoms with E-state index in [0.717, 1.165) is 46.3 Å². The van der Waals surface area contributed by atoms with Crippen LogP contribution in [0, 0.1) is 6.92 Å². The second-order valence-corrected chi connectivity index (χ2v) is 8.20. The summed E-state index contributed by atoms with van der Waals surface area (Å²) >= 11 is 0. The van der Waals surface area contributed by atoms with Crippen molar-refractivity contribution < 1.29 is 19.0 Å². The molecule has 1 aromatic heterocycles. The third-order valence-electron chi connectivity index (χ3n) is 6.02. The number of para-hydroxylation sites is 1. The first-order chi connectivity index (χ1) is 15.1. The van der Waals surface area contributed by atoms with Gasteiger partial charge in [0.15, 0.2) is 5.76 Å². The molecule has 6 heteroatoms. The summed E-state index contributed by atoms with van der Waals surface area (Å²) in [5.41, 5.74) is 4.56. The quantitative estimate of drug-likeness (QED) is 0.457.